The Morgan fingerprint density at radius 3 is 2.64 bits per heavy atom. The third kappa shape index (κ3) is 1.54. The Hall–Kier alpha value is -0.570. The highest BCUT2D eigenvalue weighted by Gasteiger charge is 2.39. The number of carbonyl (C=O) groups excluding carboxylic acids is 1. The molecule has 0 radical (unpaired) electrons. The zero-order valence-corrected chi connectivity index (χ0v) is 9.12. The van der Waals surface area contributed by atoms with E-state index in [4.69, 9.17) is 0 Å². The molecule has 1 saturated carbocycles. The minimum atomic E-state index is 0.0283. The maximum atomic E-state index is 11.9. The van der Waals surface area contributed by atoms with Crippen molar-refractivity contribution >= 4 is 5.91 Å². The normalized spacial score (nSPS) is 34.4. The highest BCUT2D eigenvalue weighted by atomic mass is 16.2. The molecule has 2 aliphatic rings. The van der Waals surface area contributed by atoms with E-state index in [2.05, 4.69) is 17.1 Å². The predicted molar refractivity (Wildman–Crippen MR) is 55.8 cm³/mol. The Morgan fingerprint density at radius 1 is 1.43 bits per heavy atom. The van der Waals surface area contributed by atoms with Gasteiger partial charge in [0.25, 0.3) is 0 Å². The lowest BCUT2D eigenvalue weighted by Gasteiger charge is -2.29. The van der Waals surface area contributed by atoms with Crippen LogP contribution in [0.1, 0.15) is 46.0 Å². The first-order valence-electron chi connectivity index (χ1n) is 5.82. The molecule has 2 unspecified atom stereocenters. The van der Waals surface area contributed by atoms with Gasteiger partial charge in [0.05, 0.1) is 12.2 Å². The topological polar surface area (TPSA) is 32.3 Å². The molecule has 80 valence electrons. The van der Waals surface area contributed by atoms with Crippen LogP contribution in [0.4, 0.5) is 0 Å². The second-order valence-corrected chi connectivity index (χ2v) is 4.50. The number of rotatable bonds is 2. The first-order chi connectivity index (χ1) is 6.74. The number of carbonyl (C=O) groups is 1. The average molecular weight is 196 g/mol. The standard InChI is InChI=1S/C11H20N2O/c1-3-10-12-8(2)11(14)13(10)9-6-4-5-7-9/h8-10,12H,3-7H2,1-2H3. The van der Waals surface area contributed by atoms with Crippen molar-refractivity contribution in [2.45, 2.75) is 64.2 Å². The number of hydrogen-bond acceptors (Lipinski definition) is 2. The molecule has 2 atom stereocenters. The van der Waals surface area contributed by atoms with Crippen LogP contribution >= 0.6 is 0 Å². The molecule has 1 aliphatic heterocycles. The Bertz CT molecular complexity index is 221. The van der Waals surface area contributed by atoms with E-state index in [1.165, 1.54) is 25.7 Å². The molecule has 1 aliphatic carbocycles. The van der Waals surface area contributed by atoms with Crippen LogP contribution in [0.15, 0.2) is 0 Å². The summed E-state index contributed by atoms with van der Waals surface area (Å²) in [6.07, 6.45) is 6.30. The van der Waals surface area contributed by atoms with Gasteiger partial charge in [0.15, 0.2) is 0 Å². The third-order valence-electron chi connectivity index (χ3n) is 3.51. The minimum Gasteiger partial charge on any atom is -0.323 e. The zero-order valence-electron chi connectivity index (χ0n) is 9.12. The molecule has 1 heterocycles. The molecule has 0 spiro atoms. The van der Waals surface area contributed by atoms with E-state index in [9.17, 15) is 4.79 Å². The van der Waals surface area contributed by atoms with E-state index >= 15 is 0 Å². The van der Waals surface area contributed by atoms with E-state index in [1.54, 1.807) is 0 Å². The lowest BCUT2D eigenvalue weighted by atomic mass is 10.2. The highest BCUT2D eigenvalue weighted by molar-refractivity contribution is 5.84. The summed E-state index contributed by atoms with van der Waals surface area (Å²) in [6, 6.07) is 0.547. The fraction of sp³-hybridized carbons (Fsp3) is 0.909. The molecule has 1 amide bonds. The second kappa shape index (κ2) is 3.89. The fourth-order valence-electron chi connectivity index (χ4n) is 2.75. The van der Waals surface area contributed by atoms with Crippen LogP contribution in [0, 0.1) is 0 Å². The van der Waals surface area contributed by atoms with Gasteiger partial charge in [-0.2, -0.15) is 0 Å². The van der Waals surface area contributed by atoms with Gasteiger partial charge >= 0.3 is 0 Å². The zero-order chi connectivity index (χ0) is 10.1. The van der Waals surface area contributed by atoms with E-state index in [0.717, 1.165) is 6.42 Å². The van der Waals surface area contributed by atoms with Crippen molar-refractivity contribution in [3.8, 4) is 0 Å². The summed E-state index contributed by atoms with van der Waals surface area (Å²) < 4.78 is 0. The Morgan fingerprint density at radius 2 is 2.07 bits per heavy atom. The van der Waals surface area contributed by atoms with Gasteiger partial charge in [-0.1, -0.05) is 19.8 Å². The van der Waals surface area contributed by atoms with Crippen LogP contribution in [0.2, 0.25) is 0 Å². The highest BCUT2D eigenvalue weighted by Crippen LogP contribution is 2.28. The lowest BCUT2D eigenvalue weighted by Crippen LogP contribution is -2.43. The molecule has 0 bridgehead atoms. The maximum Gasteiger partial charge on any atom is 0.240 e. The fourth-order valence-corrected chi connectivity index (χ4v) is 2.75. The summed E-state index contributed by atoms with van der Waals surface area (Å²) >= 11 is 0. The maximum absolute atomic E-state index is 11.9. The van der Waals surface area contributed by atoms with Crippen LogP contribution in [0.25, 0.3) is 0 Å². The van der Waals surface area contributed by atoms with Gasteiger partial charge in [0.2, 0.25) is 5.91 Å². The monoisotopic (exact) mass is 196 g/mol. The minimum absolute atomic E-state index is 0.0283. The Kier molecular flexibility index (Phi) is 2.77. The van der Waals surface area contributed by atoms with Gasteiger partial charge in [0, 0.05) is 6.04 Å². The molecule has 14 heavy (non-hydrogen) atoms. The number of hydrogen-bond donors (Lipinski definition) is 1. The molecular formula is C11H20N2O. The van der Waals surface area contributed by atoms with Gasteiger partial charge in [-0.15, -0.1) is 0 Å². The summed E-state index contributed by atoms with van der Waals surface area (Å²) in [4.78, 5) is 14.0. The molecule has 2 rings (SSSR count). The van der Waals surface area contributed by atoms with E-state index in [-0.39, 0.29) is 6.04 Å². The van der Waals surface area contributed by atoms with E-state index in [1.807, 2.05) is 6.92 Å². The smallest absolute Gasteiger partial charge is 0.240 e. The van der Waals surface area contributed by atoms with Crippen LogP contribution in [0.5, 0.6) is 0 Å². The molecule has 2 fully saturated rings. The largest absolute Gasteiger partial charge is 0.323 e. The Balaban J connectivity index is 2.09. The molecule has 0 aromatic heterocycles. The van der Waals surface area contributed by atoms with Crippen molar-refractivity contribution in [3.63, 3.8) is 0 Å². The van der Waals surface area contributed by atoms with Gasteiger partial charge in [-0.3, -0.25) is 10.1 Å². The van der Waals surface area contributed by atoms with E-state index in [0.29, 0.717) is 18.1 Å². The van der Waals surface area contributed by atoms with Gasteiger partial charge in [-0.25, -0.2) is 0 Å². The molecule has 1 saturated heterocycles. The Labute approximate surface area is 85.8 Å². The van der Waals surface area contributed by atoms with Crippen molar-refractivity contribution in [3.05, 3.63) is 0 Å². The summed E-state index contributed by atoms with van der Waals surface area (Å²) in [5.74, 6) is 0.309. The molecule has 0 aromatic carbocycles. The first kappa shape index (κ1) is 9.97. The van der Waals surface area contributed by atoms with Gasteiger partial charge in [0.1, 0.15) is 0 Å². The molecule has 0 aromatic rings. The molecular weight excluding hydrogens is 176 g/mol. The molecule has 1 N–H and O–H groups in total. The number of amides is 1. The summed E-state index contributed by atoms with van der Waals surface area (Å²) in [5.41, 5.74) is 0. The first-order valence-corrected chi connectivity index (χ1v) is 5.82. The molecule has 3 nitrogen and oxygen atoms in total. The quantitative estimate of drug-likeness (QED) is 0.725. The second-order valence-electron chi connectivity index (χ2n) is 4.50. The van der Waals surface area contributed by atoms with Crippen LogP contribution in [0.3, 0.4) is 0 Å². The third-order valence-corrected chi connectivity index (χ3v) is 3.51. The summed E-state index contributed by atoms with van der Waals surface area (Å²) in [7, 11) is 0. The van der Waals surface area contributed by atoms with Gasteiger partial charge < -0.3 is 4.90 Å². The average Bonchev–Trinajstić information content (AvgIpc) is 2.76. The summed E-state index contributed by atoms with van der Waals surface area (Å²) in [6.45, 7) is 4.12. The predicted octanol–water partition coefficient (Wildman–Crippen LogP) is 1.49. The lowest BCUT2D eigenvalue weighted by molar-refractivity contribution is -0.131. The summed E-state index contributed by atoms with van der Waals surface area (Å²) in [5, 5.41) is 3.36. The SMILES string of the molecule is CCC1NC(C)C(=O)N1C1CCCC1. The van der Waals surface area contributed by atoms with Crippen molar-refractivity contribution in [2.24, 2.45) is 0 Å². The van der Waals surface area contributed by atoms with Gasteiger partial charge in [-0.05, 0) is 26.2 Å². The van der Waals surface area contributed by atoms with Crippen molar-refractivity contribution in [1.29, 1.82) is 0 Å². The molecule has 3 heteroatoms. The van der Waals surface area contributed by atoms with E-state index < -0.39 is 0 Å². The van der Waals surface area contributed by atoms with Crippen LogP contribution in [-0.2, 0) is 4.79 Å². The number of nitrogens with one attached hydrogen (secondary N) is 1. The van der Waals surface area contributed by atoms with Crippen molar-refractivity contribution < 1.29 is 4.79 Å². The van der Waals surface area contributed by atoms with Crippen molar-refractivity contribution in [2.75, 3.05) is 0 Å². The van der Waals surface area contributed by atoms with Crippen LogP contribution < -0.4 is 5.32 Å². The number of nitrogens with zero attached hydrogens (tertiary/aromatic N) is 1. The van der Waals surface area contributed by atoms with Crippen molar-refractivity contribution in [1.82, 2.24) is 10.2 Å². The van der Waals surface area contributed by atoms with Crippen LogP contribution in [-0.4, -0.2) is 29.1 Å².